The maximum Gasteiger partial charge on any atom is 0.0544 e. The molecule has 0 aliphatic rings. The van der Waals surface area contributed by atoms with Crippen LogP contribution in [0.25, 0.3) is 10.4 Å². The molecule has 0 amide bonds. The molecule has 0 saturated carbocycles. The Balaban J connectivity index is 3.00. The predicted molar refractivity (Wildman–Crippen MR) is 40.9 cm³/mol. The van der Waals surface area contributed by atoms with Crippen LogP contribution in [0.3, 0.4) is 0 Å². The van der Waals surface area contributed by atoms with E-state index >= 15 is 0 Å². The standard InChI is InChI=1S/C6H7N5/c7-4-6-3-5(10-11-8)1-2-9-6/h1-3H,4,7H2. The molecule has 2 N–H and O–H groups in total. The second-order valence-electron chi connectivity index (χ2n) is 1.90. The first-order chi connectivity index (χ1) is 5.36. The smallest absolute Gasteiger partial charge is 0.0544 e. The van der Waals surface area contributed by atoms with Gasteiger partial charge >= 0.3 is 0 Å². The molecule has 0 aliphatic heterocycles. The van der Waals surface area contributed by atoms with Crippen molar-refractivity contribution in [1.29, 1.82) is 0 Å². The van der Waals surface area contributed by atoms with E-state index in [9.17, 15) is 0 Å². The normalized spacial score (nSPS) is 8.82. The number of nitrogens with two attached hydrogens (primary N) is 1. The molecule has 0 saturated heterocycles. The maximum absolute atomic E-state index is 8.09. The van der Waals surface area contributed by atoms with Crippen molar-refractivity contribution in [2.24, 2.45) is 10.8 Å². The first-order valence-electron chi connectivity index (χ1n) is 3.07. The molecular weight excluding hydrogens is 142 g/mol. The van der Waals surface area contributed by atoms with Crippen molar-refractivity contribution < 1.29 is 0 Å². The summed E-state index contributed by atoms with van der Waals surface area (Å²) in [6.45, 7) is 0.356. The lowest BCUT2D eigenvalue weighted by Crippen LogP contribution is -1.97. The molecule has 1 heterocycles. The fourth-order valence-corrected chi connectivity index (χ4v) is 0.691. The molecule has 0 spiro atoms. The summed E-state index contributed by atoms with van der Waals surface area (Å²) in [7, 11) is 0. The van der Waals surface area contributed by atoms with Crippen molar-refractivity contribution in [1.82, 2.24) is 4.98 Å². The average molecular weight is 149 g/mol. The van der Waals surface area contributed by atoms with Crippen LogP contribution in [0.4, 0.5) is 5.69 Å². The molecule has 56 valence electrons. The van der Waals surface area contributed by atoms with Crippen LogP contribution in [-0.4, -0.2) is 4.98 Å². The van der Waals surface area contributed by atoms with Gasteiger partial charge in [-0.25, -0.2) is 0 Å². The Kier molecular flexibility index (Phi) is 2.43. The summed E-state index contributed by atoms with van der Waals surface area (Å²) in [6.07, 6.45) is 1.56. The van der Waals surface area contributed by atoms with E-state index in [-0.39, 0.29) is 0 Å². The first kappa shape index (κ1) is 7.53. The van der Waals surface area contributed by atoms with Crippen molar-refractivity contribution in [3.63, 3.8) is 0 Å². The van der Waals surface area contributed by atoms with Crippen molar-refractivity contribution in [3.8, 4) is 0 Å². The molecule has 0 bridgehead atoms. The van der Waals surface area contributed by atoms with E-state index in [0.29, 0.717) is 12.2 Å². The zero-order chi connectivity index (χ0) is 8.10. The highest BCUT2D eigenvalue weighted by Crippen LogP contribution is 2.10. The zero-order valence-corrected chi connectivity index (χ0v) is 5.81. The first-order valence-corrected chi connectivity index (χ1v) is 3.07. The molecule has 0 fully saturated rings. The Labute approximate surface area is 63.5 Å². The van der Waals surface area contributed by atoms with Crippen LogP contribution < -0.4 is 5.73 Å². The third-order valence-corrected chi connectivity index (χ3v) is 1.17. The maximum atomic E-state index is 8.09. The quantitative estimate of drug-likeness (QED) is 0.392. The molecule has 0 aromatic carbocycles. The average Bonchev–Trinajstić information content (AvgIpc) is 2.06. The Bertz CT molecular complexity index is 289. The van der Waals surface area contributed by atoms with Crippen LogP contribution in [0.5, 0.6) is 0 Å². The van der Waals surface area contributed by atoms with E-state index < -0.39 is 0 Å². The van der Waals surface area contributed by atoms with Crippen LogP contribution >= 0.6 is 0 Å². The summed E-state index contributed by atoms with van der Waals surface area (Å²) in [5.41, 5.74) is 14.7. The number of nitrogens with zero attached hydrogens (tertiary/aromatic N) is 4. The van der Waals surface area contributed by atoms with Gasteiger partial charge in [0.1, 0.15) is 0 Å². The summed E-state index contributed by atoms with van der Waals surface area (Å²) in [5, 5.41) is 3.40. The number of hydrogen-bond acceptors (Lipinski definition) is 3. The SMILES string of the molecule is [N-]=[N+]=Nc1ccnc(CN)c1. The van der Waals surface area contributed by atoms with Crippen molar-refractivity contribution in [3.05, 3.63) is 34.5 Å². The fraction of sp³-hybridized carbons (Fsp3) is 0.167. The van der Waals surface area contributed by atoms with Crippen molar-refractivity contribution in [2.75, 3.05) is 0 Å². The van der Waals surface area contributed by atoms with Gasteiger partial charge in [-0.2, -0.15) is 0 Å². The summed E-state index contributed by atoms with van der Waals surface area (Å²) >= 11 is 0. The van der Waals surface area contributed by atoms with E-state index in [0.717, 1.165) is 5.69 Å². The number of azide groups is 1. The van der Waals surface area contributed by atoms with Gasteiger partial charge in [-0.1, -0.05) is 5.11 Å². The number of aromatic nitrogens is 1. The lowest BCUT2D eigenvalue weighted by molar-refractivity contribution is 0.990. The summed E-state index contributed by atoms with van der Waals surface area (Å²) in [5.74, 6) is 0. The number of pyridine rings is 1. The van der Waals surface area contributed by atoms with E-state index in [1.807, 2.05) is 0 Å². The molecule has 5 nitrogen and oxygen atoms in total. The fourth-order valence-electron chi connectivity index (χ4n) is 0.691. The van der Waals surface area contributed by atoms with Crippen LogP contribution in [-0.2, 0) is 6.54 Å². The molecule has 1 aromatic rings. The molecule has 0 radical (unpaired) electrons. The van der Waals surface area contributed by atoms with E-state index in [1.165, 1.54) is 0 Å². The largest absolute Gasteiger partial charge is 0.325 e. The summed E-state index contributed by atoms with van der Waals surface area (Å²) in [6, 6.07) is 3.28. The highest BCUT2D eigenvalue weighted by atomic mass is 15.1. The van der Waals surface area contributed by atoms with Gasteiger partial charge in [0.2, 0.25) is 0 Å². The van der Waals surface area contributed by atoms with Gasteiger partial charge in [0.15, 0.2) is 0 Å². The van der Waals surface area contributed by atoms with Crippen LogP contribution in [0.2, 0.25) is 0 Å². The minimum Gasteiger partial charge on any atom is -0.325 e. The van der Waals surface area contributed by atoms with Gasteiger partial charge in [0.05, 0.1) is 5.69 Å². The molecule has 1 rings (SSSR count). The number of rotatable bonds is 2. The van der Waals surface area contributed by atoms with Gasteiger partial charge in [-0.05, 0) is 17.7 Å². The topological polar surface area (TPSA) is 87.7 Å². The molecule has 0 unspecified atom stereocenters. The summed E-state index contributed by atoms with van der Waals surface area (Å²) in [4.78, 5) is 6.57. The van der Waals surface area contributed by atoms with Crippen molar-refractivity contribution >= 4 is 5.69 Å². The van der Waals surface area contributed by atoms with Gasteiger partial charge in [0, 0.05) is 23.3 Å². The van der Waals surface area contributed by atoms with Gasteiger partial charge < -0.3 is 5.73 Å². The van der Waals surface area contributed by atoms with Gasteiger partial charge in [-0.3, -0.25) is 4.98 Å². The van der Waals surface area contributed by atoms with E-state index in [1.54, 1.807) is 18.3 Å². The third-order valence-electron chi connectivity index (χ3n) is 1.17. The Morgan fingerprint density at radius 1 is 1.73 bits per heavy atom. The monoisotopic (exact) mass is 149 g/mol. The molecule has 0 atom stereocenters. The molecule has 1 aromatic heterocycles. The minimum atomic E-state index is 0.356. The Morgan fingerprint density at radius 3 is 3.18 bits per heavy atom. The summed E-state index contributed by atoms with van der Waals surface area (Å²) < 4.78 is 0. The van der Waals surface area contributed by atoms with Crippen LogP contribution in [0, 0.1) is 0 Å². The Morgan fingerprint density at radius 2 is 2.55 bits per heavy atom. The number of hydrogen-bond donors (Lipinski definition) is 1. The third kappa shape index (κ3) is 1.93. The zero-order valence-electron chi connectivity index (χ0n) is 5.81. The van der Waals surface area contributed by atoms with Gasteiger partial charge in [0.25, 0.3) is 0 Å². The minimum absolute atomic E-state index is 0.356. The highest BCUT2D eigenvalue weighted by molar-refractivity contribution is 5.36. The predicted octanol–water partition coefficient (Wildman–Crippen LogP) is 1.48. The van der Waals surface area contributed by atoms with Gasteiger partial charge in [-0.15, -0.1) is 0 Å². The molecule has 0 aliphatic carbocycles. The second-order valence-corrected chi connectivity index (χ2v) is 1.90. The van der Waals surface area contributed by atoms with Crippen LogP contribution in [0.15, 0.2) is 23.4 Å². The molecule has 5 heteroatoms. The molecule has 11 heavy (non-hydrogen) atoms. The Hall–Kier alpha value is -1.58. The van der Waals surface area contributed by atoms with Crippen molar-refractivity contribution in [2.45, 2.75) is 6.54 Å². The van der Waals surface area contributed by atoms with E-state index in [2.05, 4.69) is 15.0 Å². The lowest BCUT2D eigenvalue weighted by atomic mass is 10.3. The lowest BCUT2D eigenvalue weighted by Gasteiger charge is -1.94. The highest BCUT2D eigenvalue weighted by Gasteiger charge is 1.90. The van der Waals surface area contributed by atoms with E-state index in [4.69, 9.17) is 11.3 Å². The molecular formula is C6H7N5. The van der Waals surface area contributed by atoms with Crippen LogP contribution in [0.1, 0.15) is 5.69 Å². The second kappa shape index (κ2) is 3.55.